The van der Waals surface area contributed by atoms with Gasteiger partial charge in [0.05, 0.1) is 26.2 Å². The minimum absolute atomic E-state index is 0.00529. The molecule has 1 atom stereocenters. The molecule has 0 bridgehead atoms. The first-order valence-electron chi connectivity index (χ1n) is 10.3. The zero-order chi connectivity index (χ0) is 23.1. The summed E-state index contributed by atoms with van der Waals surface area (Å²) in [4.78, 5) is 25.4. The number of methoxy groups -OCH3 is 2. The van der Waals surface area contributed by atoms with Crippen LogP contribution in [-0.2, 0) is 4.79 Å². The van der Waals surface area contributed by atoms with Crippen molar-refractivity contribution in [3.63, 3.8) is 0 Å². The molecule has 1 N–H and O–H groups in total. The smallest absolute Gasteiger partial charge is 0.312 e. The number of carbonyl (C=O) groups is 2. The maximum atomic E-state index is 13.1. The Morgan fingerprint density at radius 2 is 1.76 bits per heavy atom. The van der Waals surface area contributed by atoms with Crippen molar-refractivity contribution in [3.8, 4) is 28.7 Å². The van der Waals surface area contributed by atoms with Gasteiger partial charge in [0.2, 0.25) is 5.78 Å². The van der Waals surface area contributed by atoms with Gasteiger partial charge < -0.3 is 24.1 Å². The van der Waals surface area contributed by atoms with Crippen molar-refractivity contribution < 1.29 is 33.6 Å². The molecule has 2 heterocycles. The Bertz CT molecular complexity index is 1300. The number of phenols is 1. The van der Waals surface area contributed by atoms with E-state index in [1.54, 1.807) is 49.6 Å². The van der Waals surface area contributed by atoms with Crippen LogP contribution in [0.5, 0.6) is 28.7 Å². The molecule has 2 aliphatic heterocycles. The lowest BCUT2D eigenvalue weighted by Crippen LogP contribution is -2.21. The molecule has 3 aromatic carbocycles. The summed E-state index contributed by atoms with van der Waals surface area (Å²) < 4.78 is 21.9. The number of aromatic hydroxyl groups is 1. The molecule has 0 radical (unpaired) electrons. The lowest BCUT2D eigenvalue weighted by Gasteiger charge is -2.26. The molecule has 0 saturated carbocycles. The van der Waals surface area contributed by atoms with Gasteiger partial charge in [0.1, 0.15) is 17.2 Å². The summed E-state index contributed by atoms with van der Waals surface area (Å²) in [5.41, 5.74) is 2.54. The van der Waals surface area contributed by atoms with Crippen molar-refractivity contribution >= 4 is 17.8 Å². The Labute approximate surface area is 189 Å². The van der Waals surface area contributed by atoms with E-state index in [-0.39, 0.29) is 29.5 Å². The Morgan fingerprint density at radius 3 is 2.48 bits per heavy atom. The summed E-state index contributed by atoms with van der Waals surface area (Å²) in [6, 6.07) is 15.4. The SMILES string of the molecule is COc1ccc(/C=C2\Oc3c(ccc4c3C(c3ccc(O)c(OC)c3)CC(=O)O4)C2=O)cc1. The number of ether oxygens (including phenoxy) is 4. The fourth-order valence-electron chi connectivity index (χ4n) is 4.15. The molecule has 2 aliphatic rings. The average molecular weight is 444 g/mol. The number of carbonyl (C=O) groups excluding carboxylic acids is 2. The monoisotopic (exact) mass is 444 g/mol. The number of hydrogen-bond donors (Lipinski definition) is 1. The highest BCUT2D eigenvalue weighted by molar-refractivity contribution is 6.15. The fourth-order valence-corrected chi connectivity index (χ4v) is 4.15. The summed E-state index contributed by atoms with van der Waals surface area (Å²) in [5.74, 6) is 0.832. The van der Waals surface area contributed by atoms with Crippen LogP contribution in [0.4, 0.5) is 0 Å². The molecule has 1 unspecified atom stereocenters. The van der Waals surface area contributed by atoms with Crippen LogP contribution >= 0.6 is 0 Å². The number of rotatable bonds is 4. The Balaban J connectivity index is 1.58. The van der Waals surface area contributed by atoms with Gasteiger partial charge in [-0.3, -0.25) is 9.59 Å². The van der Waals surface area contributed by atoms with E-state index < -0.39 is 11.9 Å². The van der Waals surface area contributed by atoms with Crippen LogP contribution in [0.1, 0.15) is 39.4 Å². The van der Waals surface area contributed by atoms with Crippen LogP contribution in [0.15, 0.2) is 60.4 Å². The number of esters is 1. The molecule has 33 heavy (non-hydrogen) atoms. The minimum atomic E-state index is -0.432. The number of ketones is 1. The van der Waals surface area contributed by atoms with E-state index >= 15 is 0 Å². The zero-order valence-electron chi connectivity index (χ0n) is 18.0. The summed E-state index contributed by atoms with van der Waals surface area (Å²) in [5, 5.41) is 9.98. The van der Waals surface area contributed by atoms with Gasteiger partial charge in [-0.2, -0.15) is 0 Å². The molecule has 7 heteroatoms. The highest BCUT2D eigenvalue weighted by Gasteiger charge is 2.38. The van der Waals surface area contributed by atoms with Crippen LogP contribution in [-0.4, -0.2) is 31.1 Å². The van der Waals surface area contributed by atoms with Gasteiger partial charge in [0.25, 0.3) is 0 Å². The van der Waals surface area contributed by atoms with Crippen LogP contribution in [0.2, 0.25) is 0 Å². The molecular formula is C26H20O7. The first-order valence-corrected chi connectivity index (χ1v) is 10.3. The van der Waals surface area contributed by atoms with Crippen molar-refractivity contribution in [2.45, 2.75) is 12.3 Å². The zero-order valence-corrected chi connectivity index (χ0v) is 18.0. The molecule has 5 rings (SSSR count). The maximum Gasteiger partial charge on any atom is 0.312 e. The van der Waals surface area contributed by atoms with Crippen LogP contribution < -0.4 is 18.9 Å². The Kier molecular flexibility index (Phi) is 5.01. The van der Waals surface area contributed by atoms with Crippen molar-refractivity contribution in [1.82, 2.24) is 0 Å². The van der Waals surface area contributed by atoms with E-state index in [1.165, 1.54) is 13.2 Å². The van der Waals surface area contributed by atoms with Crippen LogP contribution in [0.3, 0.4) is 0 Å². The highest BCUT2D eigenvalue weighted by atomic mass is 16.5. The van der Waals surface area contributed by atoms with E-state index in [4.69, 9.17) is 18.9 Å². The lowest BCUT2D eigenvalue weighted by molar-refractivity contribution is -0.135. The quantitative estimate of drug-likeness (QED) is 0.361. The molecule has 0 fully saturated rings. The third kappa shape index (κ3) is 3.57. The van der Waals surface area contributed by atoms with E-state index in [0.717, 1.165) is 11.1 Å². The molecule has 0 aromatic heterocycles. The maximum absolute atomic E-state index is 13.1. The molecule has 0 saturated heterocycles. The van der Waals surface area contributed by atoms with Gasteiger partial charge in [-0.25, -0.2) is 0 Å². The van der Waals surface area contributed by atoms with E-state index in [0.29, 0.717) is 28.4 Å². The second-order valence-corrected chi connectivity index (χ2v) is 7.73. The number of benzene rings is 3. The number of Topliss-reactive ketones (excluding diaryl/α,β-unsaturated/α-hetero) is 1. The average Bonchev–Trinajstić information content (AvgIpc) is 3.14. The minimum Gasteiger partial charge on any atom is -0.504 e. The van der Waals surface area contributed by atoms with E-state index in [1.807, 2.05) is 12.1 Å². The number of hydrogen-bond acceptors (Lipinski definition) is 7. The Hall–Kier alpha value is -4.26. The second-order valence-electron chi connectivity index (χ2n) is 7.73. The van der Waals surface area contributed by atoms with Crippen molar-refractivity contribution in [1.29, 1.82) is 0 Å². The number of phenolic OH excluding ortho intramolecular Hbond substituents is 1. The van der Waals surface area contributed by atoms with Gasteiger partial charge in [-0.1, -0.05) is 18.2 Å². The third-order valence-corrected chi connectivity index (χ3v) is 5.80. The normalized spacial score (nSPS) is 17.8. The van der Waals surface area contributed by atoms with Crippen molar-refractivity contribution in [2.75, 3.05) is 14.2 Å². The topological polar surface area (TPSA) is 91.3 Å². The molecule has 166 valence electrons. The third-order valence-electron chi connectivity index (χ3n) is 5.80. The number of allylic oxidation sites excluding steroid dienone is 1. The van der Waals surface area contributed by atoms with Gasteiger partial charge in [0.15, 0.2) is 17.3 Å². The second kappa shape index (κ2) is 8.02. The molecule has 0 amide bonds. The van der Waals surface area contributed by atoms with Gasteiger partial charge in [-0.15, -0.1) is 0 Å². The highest BCUT2D eigenvalue weighted by Crippen LogP contribution is 2.49. The van der Waals surface area contributed by atoms with E-state index in [9.17, 15) is 14.7 Å². The van der Waals surface area contributed by atoms with Crippen LogP contribution in [0, 0.1) is 0 Å². The molecule has 3 aromatic rings. The summed E-state index contributed by atoms with van der Waals surface area (Å²) >= 11 is 0. The predicted molar refractivity (Wildman–Crippen MR) is 119 cm³/mol. The Morgan fingerprint density at radius 1 is 0.970 bits per heavy atom. The van der Waals surface area contributed by atoms with Gasteiger partial charge >= 0.3 is 5.97 Å². The lowest BCUT2D eigenvalue weighted by atomic mass is 9.84. The largest absolute Gasteiger partial charge is 0.504 e. The van der Waals surface area contributed by atoms with Gasteiger partial charge in [-0.05, 0) is 53.6 Å². The summed E-state index contributed by atoms with van der Waals surface area (Å²) in [7, 11) is 3.04. The summed E-state index contributed by atoms with van der Waals surface area (Å²) in [6.45, 7) is 0. The standard InChI is InChI=1S/C26H20O7/c1-30-16-6-3-14(4-7-16)11-22-25(29)17-8-10-20-24(26(17)33-22)18(13-23(28)32-20)15-5-9-19(27)21(12-15)31-2/h3-12,18,27H,13H2,1-2H3/b22-11-. The molecule has 7 nitrogen and oxygen atoms in total. The van der Waals surface area contributed by atoms with Crippen molar-refractivity contribution in [3.05, 3.63) is 82.6 Å². The summed E-state index contributed by atoms with van der Waals surface area (Å²) in [6.07, 6.45) is 1.73. The molecule has 0 spiro atoms. The first kappa shape index (κ1) is 20.6. The van der Waals surface area contributed by atoms with E-state index in [2.05, 4.69) is 0 Å². The van der Waals surface area contributed by atoms with Gasteiger partial charge in [0, 0.05) is 11.5 Å². The molecular weight excluding hydrogens is 424 g/mol. The first-order chi connectivity index (χ1) is 16.0. The number of fused-ring (bicyclic) bond motifs is 3. The fraction of sp³-hybridized carbons (Fsp3) is 0.154. The predicted octanol–water partition coefficient (Wildman–Crippen LogP) is 4.47. The van der Waals surface area contributed by atoms with Crippen molar-refractivity contribution in [2.24, 2.45) is 0 Å². The van der Waals surface area contributed by atoms with Crippen LogP contribution in [0.25, 0.3) is 6.08 Å². The molecule has 0 aliphatic carbocycles.